The Morgan fingerprint density at radius 1 is 1.50 bits per heavy atom. The van der Waals surface area contributed by atoms with Gasteiger partial charge in [0.1, 0.15) is 5.02 Å². The first-order valence-electron chi connectivity index (χ1n) is 4.30. The fourth-order valence-electron chi connectivity index (χ4n) is 1.10. The van der Waals surface area contributed by atoms with Crippen LogP contribution in [0.1, 0.15) is 5.69 Å². The van der Waals surface area contributed by atoms with Gasteiger partial charge in [0.25, 0.3) is 5.56 Å². The van der Waals surface area contributed by atoms with E-state index < -0.39 is 5.56 Å². The molecule has 0 fully saturated rings. The summed E-state index contributed by atoms with van der Waals surface area (Å²) < 4.78 is 0. The third-order valence-electron chi connectivity index (χ3n) is 1.84. The molecule has 0 radical (unpaired) electrons. The maximum absolute atomic E-state index is 11.1. The average molecular weight is 259 g/mol. The predicted molar refractivity (Wildman–Crippen MR) is 62.1 cm³/mol. The second kappa shape index (κ2) is 4.50. The van der Waals surface area contributed by atoms with E-state index in [1.807, 2.05) is 0 Å². The van der Waals surface area contributed by atoms with Crippen molar-refractivity contribution >= 4 is 28.6 Å². The van der Waals surface area contributed by atoms with Gasteiger partial charge in [0.05, 0.1) is 18.4 Å². The number of aromatic amines is 2. The monoisotopic (exact) mass is 258 g/mol. The Hall–Kier alpha value is -1.60. The number of thiazole rings is 1. The summed E-state index contributed by atoms with van der Waals surface area (Å²) in [4.78, 5) is 24.5. The van der Waals surface area contributed by atoms with Crippen LogP contribution in [0.3, 0.4) is 0 Å². The van der Waals surface area contributed by atoms with E-state index >= 15 is 0 Å². The molecule has 84 valence electrons. The molecule has 2 aromatic heterocycles. The number of hydrogen-bond acceptors (Lipinski definition) is 5. The van der Waals surface area contributed by atoms with Gasteiger partial charge in [0, 0.05) is 11.1 Å². The van der Waals surface area contributed by atoms with E-state index in [0.717, 1.165) is 17.0 Å². The number of rotatable bonds is 3. The van der Waals surface area contributed by atoms with Gasteiger partial charge >= 0.3 is 4.87 Å². The molecule has 2 aromatic rings. The van der Waals surface area contributed by atoms with Crippen LogP contribution in [0.15, 0.2) is 21.2 Å². The summed E-state index contributed by atoms with van der Waals surface area (Å²) in [5, 5.41) is 10.5. The van der Waals surface area contributed by atoms with Crippen LogP contribution in [0.4, 0.5) is 5.69 Å². The van der Waals surface area contributed by atoms with Gasteiger partial charge in [-0.25, -0.2) is 5.10 Å². The van der Waals surface area contributed by atoms with Gasteiger partial charge in [0.2, 0.25) is 0 Å². The Balaban J connectivity index is 2.13. The molecule has 16 heavy (non-hydrogen) atoms. The third-order valence-corrected chi connectivity index (χ3v) is 2.93. The van der Waals surface area contributed by atoms with Crippen LogP contribution < -0.4 is 15.7 Å². The largest absolute Gasteiger partial charge is 0.377 e. The van der Waals surface area contributed by atoms with Crippen LogP contribution >= 0.6 is 22.9 Å². The number of nitrogens with zero attached hydrogens (tertiary/aromatic N) is 1. The van der Waals surface area contributed by atoms with Gasteiger partial charge in [-0.15, -0.1) is 0 Å². The Bertz CT molecular complexity index is 602. The maximum atomic E-state index is 11.1. The minimum Gasteiger partial charge on any atom is -0.377 e. The van der Waals surface area contributed by atoms with Crippen molar-refractivity contribution in [2.45, 2.75) is 6.54 Å². The summed E-state index contributed by atoms with van der Waals surface area (Å²) in [6.45, 7) is 0.379. The molecular formula is C8H7ClN4O2S. The van der Waals surface area contributed by atoms with E-state index in [9.17, 15) is 9.59 Å². The Labute approximate surface area is 98.3 Å². The summed E-state index contributed by atoms with van der Waals surface area (Å²) in [5.41, 5.74) is 0.703. The molecule has 0 spiro atoms. The summed E-state index contributed by atoms with van der Waals surface area (Å²) >= 11 is 6.83. The first-order chi connectivity index (χ1) is 7.66. The van der Waals surface area contributed by atoms with Gasteiger partial charge in [-0.1, -0.05) is 22.9 Å². The molecule has 0 aliphatic heterocycles. The van der Waals surface area contributed by atoms with Crippen LogP contribution in [0.2, 0.25) is 5.02 Å². The maximum Gasteiger partial charge on any atom is 0.304 e. The van der Waals surface area contributed by atoms with Gasteiger partial charge in [0.15, 0.2) is 0 Å². The molecule has 6 nitrogen and oxygen atoms in total. The fourth-order valence-corrected chi connectivity index (χ4v) is 1.84. The quantitative estimate of drug-likeness (QED) is 0.759. The highest BCUT2D eigenvalue weighted by Crippen LogP contribution is 2.14. The molecule has 0 aliphatic carbocycles. The number of H-pyrrole nitrogens is 2. The summed E-state index contributed by atoms with van der Waals surface area (Å²) in [6, 6.07) is 0. The zero-order valence-electron chi connectivity index (χ0n) is 7.91. The summed E-state index contributed by atoms with van der Waals surface area (Å²) in [7, 11) is 0. The van der Waals surface area contributed by atoms with Crippen molar-refractivity contribution in [3.63, 3.8) is 0 Å². The fraction of sp³-hybridized carbons (Fsp3) is 0.125. The molecule has 0 aromatic carbocycles. The van der Waals surface area contributed by atoms with E-state index in [4.69, 9.17) is 11.6 Å². The zero-order valence-corrected chi connectivity index (χ0v) is 9.48. The van der Waals surface area contributed by atoms with Crippen LogP contribution in [-0.2, 0) is 6.54 Å². The van der Waals surface area contributed by atoms with Crippen molar-refractivity contribution in [2.24, 2.45) is 0 Å². The molecule has 0 unspecified atom stereocenters. The molecule has 2 rings (SSSR count). The van der Waals surface area contributed by atoms with Gasteiger partial charge in [-0.05, 0) is 0 Å². The van der Waals surface area contributed by atoms with Gasteiger partial charge < -0.3 is 10.3 Å². The van der Waals surface area contributed by atoms with Crippen LogP contribution in [0.5, 0.6) is 0 Å². The number of hydrogen-bond donors (Lipinski definition) is 3. The second-order valence-corrected chi connectivity index (χ2v) is 4.17. The van der Waals surface area contributed by atoms with Crippen molar-refractivity contribution in [3.8, 4) is 0 Å². The van der Waals surface area contributed by atoms with Crippen molar-refractivity contribution in [2.75, 3.05) is 5.32 Å². The standard InChI is InChI=1S/C8H7ClN4O2S/c9-6-5(2-11-13-7(6)14)10-1-4-3-16-8(15)12-4/h2-3H,1H2,(H,12,15)(H2,10,13,14). The van der Waals surface area contributed by atoms with E-state index in [2.05, 4.69) is 20.5 Å². The summed E-state index contributed by atoms with van der Waals surface area (Å²) in [5.74, 6) is 0. The highest BCUT2D eigenvalue weighted by atomic mass is 35.5. The minimum absolute atomic E-state index is 0.0487. The summed E-state index contributed by atoms with van der Waals surface area (Å²) in [6.07, 6.45) is 1.41. The Morgan fingerprint density at radius 2 is 2.31 bits per heavy atom. The predicted octanol–water partition coefficient (Wildman–Crippen LogP) is 0.785. The molecule has 2 heterocycles. The lowest BCUT2D eigenvalue weighted by Gasteiger charge is -2.04. The highest BCUT2D eigenvalue weighted by molar-refractivity contribution is 7.07. The molecule has 8 heteroatoms. The highest BCUT2D eigenvalue weighted by Gasteiger charge is 2.04. The lowest BCUT2D eigenvalue weighted by Crippen LogP contribution is -2.12. The van der Waals surface area contributed by atoms with Crippen molar-refractivity contribution in [1.29, 1.82) is 0 Å². The Morgan fingerprint density at radius 3 is 3.00 bits per heavy atom. The Kier molecular flexibility index (Phi) is 3.07. The molecule has 0 saturated heterocycles. The lowest BCUT2D eigenvalue weighted by molar-refractivity contribution is 0.975. The number of nitrogens with one attached hydrogen (secondary N) is 3. The second-order valence-electron chi connectivity index (χ2n) is 2.95. The topological polar surface area (TPSA) is 90.6 Å². The van der Waals surface area contributed by atoms with Gasteiger partial charge in [-0.3, -0.25) is 9.59 Å². The molecule has 0 atom stereocenters. The van der Waals surface area contributed by atoms with Gasteiger partial charge in [-0.2, -0.15) is 5.10 Å². The molecule has 3 N–H and O–H groups in total. The molecular weight excluding hydrogens is 252 g/mol. The van der Waals surface area contributed by atoms with Crippen molar-refractivity contribution in [1.82, 2.24) is 15.2 Å². The minimum atomic E-state index is -0.453. The van der Waals surface area contributed by atoms with Crippen LogP contribution in [0, 0.1) is 0 Å². The number of aromatic nitrogens is 3. The zero-order chi connectivity index (χ0) is 11.5. The molecule has 0 saturated carbocycles. The SMILES string of the molecule is O=c1[nH]c(CNc2cn[nH]c(=O)c2Cl)cs1. The molecule has 0 bridgehead atoms. The van der Waals surface area contributed by atoms with Crippen molar-refractivity contribution < 1.29 is 0 Å². The number of halogens is 1. The molecule has 0 amide bonds. The first-order valence-corrected chi connectivity index (χ1v) is 5.56. The van der Waals surface area contributed by atoms with Crippen LogP contribution in [-0.4, -0.2) is 15.2 Å². The number of anilines is 1. The van der Waals surface area contributed by atoms with Crippen molar-refractivity contribution in [3.05, 3.63) is 42.3 Å². The molecule has 0 aliphatic rings. The van der Waals surface area contributed by atoms with E-state index in [0.29, 0.717) is 12.2 Å². The van der Waals surface area contributed by atoms with E-state index in [-0.39, 0.29) is 9.90 Å². The smallest absolute Gasteiger partial charge is 0.304 e. The lowest BCUT2D eigenvalue weighted by atomic mass is 10.4. The van der Waals surface area contributed by atoms with E-state index in [1.165, 1.54) is 6.20 Å². The average Bonchev–Trinajstić information content (AvgIpc) is 2.67. The third kappa shape index (κ3) is 2.31. The van der Waals surface area contributed by atoms with E-state index in [1.54, 1.807) is 5.38 Å². The first kappa shape index (κ1) is 10.9. The normalized spacial score (nSPS) is 10.3. The van der Waals surface area contributed by atoms with Crippen LogP contribution in [0.25, 0.3) is 0 Å².